The van der Waals surface area contributed by atoms with Gasteiger partial charge < -0.3 is 10.6 Å². The van der Waals surface area contributed by atoms with Crippen LogP contribution in [-0.2, 0) is 4.79 Å². The second-order valence-electron chi connectivity index (χ2n) is 4.92. The largest absolute Gasteiger partial charge is 0.351 e. The van der Waals surface area contributed by atoms with E-state index in [0.29, 0.717) is 0 Å². The summed E-state index contributed by atoms with van der Waals surface area (Å²) in [6.45, 7) is 1.90. The summed E-state index contributed by atoms with van der Waals surface area (Å²) in [5.41, 5.74) is 5.99. The van der Waals surface area contributed by atoms with Crippen LogP contribution in [0.5, 0.6) is 0 Å². The summed E-state index contributed by atoms with van der Waals surface area (Å²) in [6, 6.07) is 8.43. The topological polar surface area (TPSA) is 76.6 Å². The van der Waals surface area contributed by atoms with E-state index < -0.39 is 6.03 Å². The van der Waals surface area contributed by atoms with Gasteiger partial charge in [0.25, 0.3) is 5.91 Å². The van der Waals surface area contributed by atoms with E-state index in [1.54, 1.807) is 0 Å². The number of rotatable bonds is 3. The summed E-state index contributed by atoms with van der Waals surface area (Å²) in [7, 11) is 0. The van der Waals surface area contributed by atoms with E-state index in [-0.39, 0.29) is 11.9 Å². The number of primary amides is 1. The molecule has 2 rings (SSSR count). The van der Waals surface area contributed by atoms with E-state index in [4.69, 9.17) is 5.73 Å². The number of carbonyl (C=O) groups excluding carboxylic acids is 2. The number of amides is 3. The first-order valence-corrected chi connectivity index (χ1v) is 6.68. The number of urea groups is 1. The smallest absolute Gasteiger partial charge is 0.319 e. The fourth-order valence-electron chi connectivity index (χ4n) is 2.71. The van der Waals surface area contributed by atoms with E-state index in [1.165, 1.54) is 11.3 Å². The molecule has 1 aliphatic rings. The zero-order chi connectivity index (χ0) is 13.7. The van der Waals surface area contributed by atoms with Crippen LogP contribution in [0.25, 0.3) is 0 Å². The Morgan fingerprint density at radius 2 is 1.74 bits per heavy atom. The molecule has 1 heterocycles. The molecule has 1 fully saturated rings. The molecule has 1 saturated heterocycles. The molecule has 5 heteroatoms. The molecule has 102 valence electrons. The van der Waals surface area contributed by atoms with Gasteiger partial charge in [-0.3, -0.25) is 10.1 Å². The Kier molecular flexibility index (Phi) is 4.52. The Bertz CT molecular complexity index is 441. The summed E-state index contributed by atoms with van der Waals surface area (Å²) in [5, 5.41) is 2.22. The van der Waals surface area contributed by atoms with E-state index in [1.807, 2.05) is 30.3 Å². The van der Waals surface area contributed by atoms with Crippen LogP contribution in [0.15, 0.2) is 30.3 Å². The van der Waals surface area contributed by atoms with Gasteiger partial charge in [0, 0.05) is 5.56 Å². The van der Waals surface area contributed by atoms with Gasteiger partial charge in [0.1, 0.15) is 0 Å². The van der Waals surface area contributed by atoms with Gasteiger partial charge in [-0.15, -0.1) is 0 Å². The third kappa shape index (κ3) is 3.54. The van der Waals surface area contributed by atoms with Gasteiger partial charge >= 0.3 is 6.03 Å². The normalized spacial score (nSPS) is 17.7. The molecule has 1 aromatic rings. The summed E-state index contributed by atoms with van der Waals surface area (Å²) in [4.78, 5) is 24.3. The highest BCUT2D eigenvalue weighted by atomic mass is 16.2. The first-order valence-electron chi connectivity index (χ1n) is 6.68. The molecular weight excluding hydrogens is 242 g/mol. The van der Waals surface area contributed by atoms with Crippen molar-refractivity contribution < 1.29 is 14.5 Å². The molecular formula is C14H20N3O2+. The monoisotopic (exact) mass is 262 g/mol. The molecule has 0 aliphatic carbocycles. The number of piperidine rings is 1. The number of nitrogens with two attached hydrogens (primary N) is 1. The Labute approximate surface area is 112 Å². The van der Waals surface area contributed by atoms with Gasteiger partial charge in [0.15, 0.2) is 6.04 Å². The van der Waals surface area contributed by atoms with Crippen molar-refractivity contribution >= 4 is 11.9 Å². The Morgan fingerprint density at radius 1 is 1.11 bits per heavy atom. The Morgan fingerprint density at radius 3 is 2.32 bits per heavy atom. The van der Waals surface area contributed by atoms with Crippen molar-refractivity contribution in [2.45, 2.75) is 25.3 Å². The third-order valence-electron chi connectivity index (χ3n) is 3.55. The number of carbonyl (C=O) groups is 2. The van der Waals surface area contributed by atoms with Crippen molar-refractivity contribution in [1.29, 1.82) is 0 Å². The van der Waals surface area contributed by atoms with Crippen molar-refractivity contribution in [3.05, 3.63) is 35.9 Å². The van der Waals surface area contributed by atoms with Crippen molar-refractivity contribution in [1.82, 2.24) is 5.32 Å². The molecule has 4 N–H and O–H groups in total. The highest BCUT2D eigenvalue weighted by Crippen LogP contribution is 2.11. The number of imide groups is 1. The molecule has 1 aromatic carbocycles. The van der Waals surface area contributed by atoms with Crippen LogP contribution >= 0.6 is 0 Å². The van der Waals surface area contributed by atoms with Crippen LogP contribution in [0, 0.1) is 0 Å². The predicted molar refractivity (Wildman–Crippen MR) is 71.5 cm³/mol. The second-order valence-corrected chi connectivity index (χ2v) is 4.92. The summed E-state index contributed by atoms with van der Waals surface area (Å²) in [5.74, 6) is -0.310. The fourth-order valence-corrected chi connectivity index (χ4v) is 2.71. The Balaban J connectivity index is 2.22. The number of likely N-dealkylation sites (tertiary alicyclic amines) is 1. The predicted octanol–water partition coefficient (Wildman–Crippen LogP) is -0.00860. The molecule has 0 unspecified atom stereocenters. The zero-order valence-corrected chi connectivity index (χ0v) is 10.9. The van der Waals surface area contributed by atoms with Crippen molar-refractivity contribution in [2.24, 2.45) is 5.73 Å². The van der Waals surface area contributed by atoms with E-state index in [0.717, 1.165) is 31.5 Å². The second kappa shape index (κ2) is 6.33. The first-order chi connectivity index (χ1) is 9.18. The standard InChI is InChI=1S/C14H19N3O2/c15-14(19)16-13(18)12(11-7-3-1-4-8-11)17-9-5-2-6-10-17/h1,3-4,7-8,12H,2,5-6,9-10H2,(H3,15,16,18,19)/p+1/t12-/m0/s1. The lowest BCUT2D eigenvalue weighted by molar-refractivity contribution is -0.926. The molecule has 0 aromatic heterocycles. The number of quaternary nitrogens is 1. The molecule has 1 aliphatic heterocycles. The molecule has 3 amide bonds. The van der Waals surface area contributed by atoms with Gasteiger partial charge in [-0.25, -0.2) is 4.79 Å². The lowest BCUT2D eigenvalue weighted by Crippen LogP contribution is -3.14. The summed E-state index contributed by atoms with van der Waals surface area (Å²) < 4.78 is 0. The third-order valence-corrected chi connectivity index (χ3v) is 3.55. The van der Waals surface area contributed by atoms with Crippen molar-refractivity contribution in [3.63, 3.8) is 0 Å². The summed E-state index contributed by atoms with van der Waals surface area (Å²) >= 11 is 0. The number of hydrogen-bond acceptors (Lipinski definition) is 2. The fraction of sp³-hybridized carbons (Fsp3) is 0.429. The number of benzene rings is 1. The molecule has 0 radical (unpaired) electrons. The maximum atomic E-state index is 12.2. The van der Waals surface area contributed by atoms with Crippen molar-refractivity contribution in [2.75, 3.05) is 13.1 Å². The van der Waals surface area contributed by atoms with Crippen LogP contribution in [-0.4, -0.2) is 25.0 Å². The van der Waals surface area contributed by atoms with Crippen LogP contribution in [0.2, 0.25) is 0 Å². The molecule has 0 bridgehead atoms. The van der Waals surface area contributed by atoms with Gasteiger partial charge in [-0.2, -0.15) is 0 Å². The average molecular weight is 262 g/mol. The lowest BCUT2D eigenvalue weighted by Gasteiger charge is -2.30. The summed E-state index contributed by atoms with van der Waals surface area (Å²) in [6.07, 6.45) is 3.44. The van der Waals surface area contributed by atoms with Gasteiger partial charge in [-0.05, 0) is 19.3 Å². The maximum Gasteiger partial charge on any atom is 0.319 e. The minimum Gasteiger partial charge on any atom is -0.351 e. The minimum atomic E-state index is -0.789. The van der Waals surface area contributed by atoms with Gasteiger partial charge in [0.05, 0.1) is 13.1 Å². The number of hydrogen-bond donors (Lipinski definition) is 3. The van der Waals surface area contributed by atoms with Crippen LogP contribution < -0.4 is 16.0 Å². The van der Waals surface area contributed by atoms with E-state index in [2.05, 4.69) is 5.32 Å². The molecule has 0 saturated carbocycles. The zero-order valence-electron chi connectivity index (χ0n) is 10.9. The molecule has 1 atom stereocenters. The molecule has 19 heavy (non-hydrogen) atoms. The maximum absolute atomic E-state index is 12.2. The highest BCUT2D eigenvalue weighted by Gasteiger charge is 2.32. The van der Waals surface area contributed by atoms with Gasteiger partial charge in [0.2, 0.25) is 0 Å². The van der Waals surface area contributed by atoms with Crippen LogP contribution in [0.3, 0.4) is 0 Å². The quantitative estimate of drug-likeness (QED) is 0.716. The SMILES string of the molecule is NC(=O)NC(=O)[C@H](c1ccccc1)[NH+]1CCCCC1. The van der Waals surface area contributed by atoms with E-state index in [9.17, 15) is 9.59 Å². The van der Waals surface area contributed by atoms with E-state index >= 15 is 0 Å². The van der Waals surface area contributed by atoms with Gasteiger partial charge in [-0.1, -0.05) is 30.3 Å². The lowest BCUT2D eigenvalue weighted by atomic mass is 10.0. The van der Waals surface area contributed by atoms with Crippen LogP contribution in [0.4, 0.5) is 4.79 Å². The minimum absolute atomic E-state index is 0.310. The first kappa shape index (κ1) is 13.5. The average Bonchev–Trinajstić information content (AvgIpc) is 2.40. The molecule has 5 nitrogen and oxygen atoms in total. The highest BCUT2D eigenvalue weighted by molar-refractivity contribution is 5.96. The van der Waals surface area contributed by atoms with Crippen molar-refractivity contribution in [3.8, 4) is 0 Å². The Hall–Kier alpha value is -1.88. The molecule has 0 spiro atoms. The number of nitrogens with one attached hydrogen (secondary N) is 2. The van der Waals surface area contributed by atoms with Crippen LogP contribution in [0.1, 0.15) is 30.9 Å².